The molecule has 0 radical (unpaired) electrons. The molecule has 0 saturated heterocycles. The second kappa shape index (κ2) is 9.27. The Balaban J connectivity index is 2.26. The summed E-state index contributed by atoms with van der Waals surface area (Å²) in [5, 5.41) is 13.7. The summed E-state index contributed by atoms with van der Waals surface area (Å²) in [4.78, 5) is 11.5. The van der Waals surface area contributed by atoms with Gasteiger partial charge in [0.05, 0.1) is 0 Å². The van der Waals surface area contributed by atoms with Gasteiger partial charge >= 0.3 is 0 Å². The van der Waals surface area contributed by atoms with E-state index in [0.29, 0.717) is 18.1 Å². The largest absolute Gasteiger partial charge is 0.385 e. The third kappa shape index (κ3) is 6.15. The van der Waals surface area contributed by atoms with Crippen LogP contribution in [0.5, 0.6) is 0 Å². The van der Waals surface area contributed by atoms with Crippen LogP contribution in [0.1, 0.15) is 36.7 Å². The fourth-order valence-corrected chi connectivity index (χ4v) is 1.56. The molecule has 6 heteroatoms. The van der Waals surface area contributed by atoms with Crippen LogP contribution in [0.4, 0.5) is 5.82 Å². The first kappa shape index (κ1) is 15.4. The van der Waals surface area contributed by atoms with Gasteiger partial charge in [-0.25, -0.2) is 0 Å². The number of ether oxygens (including phenoxy) is 1. The lowest BCUT2D eigenvalue weighted by molar-refractivity contribution is 0.0950. The Kier molecular flexibility index (Phi) is 7.50. The van der Waals surface area contributed by atoms with Crippen molar-refractivity contribution >= 4 is 11.7 Å². The van der Waals surface area contributed by atoms with Crippen LogP contribution in [-0.2, 0) is 4.74 Å². The van der Waals surface area contributed by atoms with E-state index in [9.17, 15) is 4.79 Å². The summed E-state index contributed by atoms with van der Waals surface area (Å²) in [7, 11) is 1.71. The summed E-state index contributed by atoms with van der Waals surface area (Å²) in [6.07, 6.45) is 3.24. The number of nitrogens with zero attached hydrogens (tertiary/aromatic N) is 2. The number of carbonyl (C=O) groups is 1. The monoisotopic (exact) mass is 266 g/mol. The third-order valence-electron chi connectivity index (χ3n) is 2.57. The SMILES string of the molecule is CCNC(=O)c1ccc(NCCCCCOC)nn1. The molecule has 0 bridgehead atoms. The number of nitrogens with one attached hydrogen (secondary N) is 2. The van der Waals surface area contributed by atoms with Crippen molar-refractivity contribution in [2.24, 2.45) is 0 Å². The van der Waals surface area contributed by atoms with Crippen molar-refractivity contribution in [2.45, 2.75) is 26.2 Å². The fraction of sp³-hybridized carbons (Fsp3) is 0.615. The highest BCUT2D eigenvalue weighted by Crippen LogP contribution is 2.03. The zero-order valence-electron chi connectivity index (χ0n) is 11.6. The van der Waals surface area contributed by atoms with E-state index in [2.05, 4.69) is 20.8 Å². The van der Waals surface area contributed by atoms with Gasteiger partial charge in [0.25, 0.3) is 5.91 Å². The predicted molar refractivity (Wildman–Crippen MR) is 74.3 cm³/mol. The maximum atomic E-state index is 11.5. The Bertz CT molecular complexity index is 367. The minimum atomic E-state index is -0.193. The van der Waals surface area contributed by atoms with Crippen molar-refractivity contribution in [3.8, 4) is 0 Å². The predicted octanol–water partition coefficient (Wildman–Crippen LogP) is 1.45. The molecule has 1 heterocycles. The molecule has 2 N–H and O–H groups in total. The number of amides is 1. The summed E-state index contributed by atoms with van der Waals surface area (Å²) in [5.41, 5.74) is 0.340. The normalized spacial score (nSPS) is 10.2. The van der Waals surface area contributed by atoms with E-state index in [4.69, 9.17) is 4.74 Å². The number of aromatic nitrogens is 2. The molecule has 19 heavy (non-hydrogen) atoms. The van der Waals surface area contributed by atoms with Crippen LogP contribution in [0, 0.1) is 0 Å². The zero-order chi connectivity index (χ0) is 13.9. The lowest BCUT2D eigenvalue weighted by Crippen LogP contribution is -2.24. The standard InChI is InChI=1S/C13H22N4O2/c1-3-14-13(18)11-7-8-12(17-16-11)15-9-5-4-6-10-19-2/h7-8H,3-6,9-10H2,1-2H3,(H,14,18)(H,15,17). The van der Waals surface area contributed by atoms with Gasteiger partial charge in [-0.3, -0.25) is 4.79 Å². The molecule has 0 aliphatic heterocycles. The number of hydrogen-bond donors (Lipinski definition) is 2. The van der Waals surface area contributed by atoms with Crippen molar-refractivity contribution in [3.05, 3.63) is 17.8 Å². The van der Waals surface area contributed by atoms with Gasteiger partial charge in [0, 0.05) is 26.8 Å². The Morgan fingerprint density at radius 1 is 1.26 bits per heavy atom. The van der Waals surface area contributed by atoms with Gasteiger partial charge in [-0.05, 0) is 38.3 Å². The van der Waals surface area contributed by atoms with E-state index < -0.39 is 0 Å². The van der Waals surface area contributed by atoms with Crippen LogP contribution < -0.4 is 10.6 Å². The van der Waals surface area contributed by atoms with Crippen molar-refractivity contribution in [3.63, 3.8) is 0 Å². The molecule has 1 amide bonds. The molecular formula is C13H22N4O2. The molecule has 1 rings (SSSR count). The second-order valence-corrected chi connectivity index (χ2v) is 4.14. The van der Waals surface area contributed by atoms with Crippen LogP contribution in [-0.4, -0.2) is 42.9 Å². The van der Waals surface area contributed by atoms with Crippen LogP contribution in [0.15, 0.2) is 12.1 Å². The first-order valence-corrected chi connectivity index (χ1v) is 6.62. The van der Waals surface area contributed by atoms with E-state index in [-0.39, 0.29) is 5.91 Å². The van der Waals surface area contributed by atoms with Crippen LogP contribution >= 0.6 is 0 Å². The highest BCUT2D eigenvalue weighted by molar-refractivity contribution is 5.92. The molecule has 0 spiro atoms. The number of rotatable bonds is 9. The maximum absolute atomic E-state index is 11.5. The summed E-state index contributed by atoms with van der Waals surface area (Å²) in [6.45, 7) is 4.10. The lowest BCUT2D eigenvalue weighted by atomic mass is 10.2. The molecule has 1 aromatic rings. The van der Waals surface area contributed by atoms with Gasteiger partial charge in [0.2, 0.25) is 0 Å². The van der Waals surface area contributed by atoms with E-state index in [1.54, 1.807) is 19.2 Å². The summed E-state index contributed by atoms with van der Waals surface area (Å²) >= 11 is 0. The van der Waals surface area contributed by atoms with E-state index >= 15 is 0 Å². The van der Waals surface area contributed by atoms with Gasteiger partial charge in [-0.2, -0.15) is 0 Å². The first-order valence-electron chi connectivity index (χ1n) is 6.62. The minimum absolute atomic E-state index is 0.193. The topological polar surface area (TPSA) is 76.1 Å². The molecule has 0 aliphatic rings. The van der Waals surface area contributed by atoms with Crippen molar-refractivity contribution in [2.75, 3.05) is 32.1 Å². The molecule has 0 saturated carbocycles. The smallest absolute Gasteiger partial charge is 0.271 e. The van der Waals surface area contributed by atoms with Gasteiger partial charge in [-0.15, -0.1) is 10.2 Å². The molecule has 106 valence electrons. The number of anilines is 1. The lowest BCUT2D eigenvalue weighted by Gasteiger charge is -2.05. The third-order valence-corrected chi connectivity index (χ3v) is 2.57. The Morgan fingerprint density at radius 3 is 2.74 bits per heavy atom. The molecule has 0 unspecified atom stereocenters. The Morgan fingerprint density at radius 2 is 2.11 bits per heavy atom. The van der Waals surface area contributed by atoms with Crippen molar-refractivity contribution < 1.29 is 9.53 Å². The number of hydrogen-bond acceptors (Lipinski definition) is 5. The van der Waals surface area contributed by atoms with E-state index in [0.717, 1.165) is 32.4 Å². The van der Waals surface area contributed by atoms with Gasteiger partial charge in [0.1, 0.15) is 5.82 Å². The van der Waals surface area contributed by atoms with E-state index in [1.165, 1.54) is 0 Å². The molecule has 0 aliphatic carbocycles. The highest BCUT2D eigenvalue weighted by atomic mass is 16.5. The molecule has 1 aromatic heterocycles. The summed E-state index contributed by atoms with van der Waals surface area (Å²) in [6, 6.07) is 3.44. The van der Waals surface area contributed by atoms with Crippen LogP contribution in [0.25, 0.3) is 0 Å². The highest BCUT2D eigenvalue weighted by Gasteiger charge is 2.05. The van der Waals surface area contributed by atoms with Crippen LogP contribution in [0.3, 0.4) is 0 Å². The quantitative estimate of drug-likeness (QED) is 0.662. The fourth-order valence-electron chi connectivity index (χ4n) is 1.56. The summed E-state index contributed by atoms with van der Waals surface area (Å²) in [5.74, 6) is 0.501. The molecule has 0 fully saturated rings. The van der Waals surface area contributed by atoms with Crippen LogP contribution in [0.2, 0.25) is 0 Å². The zero-order valence-corrected chi connectivity index (χ0v) is 11.6. The number of methoxy groups -OCH3 is 1. The Hall–Kier alpha value is -1.69. The minimum Gasteiger partial charge on any atom is -0.385 e. The maximum Gasteiger partial charge on any atom is 0.271 e. The average molecular weight is 266 g/mol. The molecule has 6 nitrogen and oxygen atoms in total. The second-order valence-electron chi connectivity index (χ2n) is 4.14. The molecular weight excluding hydrogens is 244 g/mol. The first-order chi connectivity index (χ1) is 9.27. The van der Waals surface area contributed by atoms with Gasteiger partial charge < -0.3 is 15.4 Å². The van der Waals surface area contributed by atoms with Gasteiger partial charge in [-0.1, -0.05) is 0 Å². The number of unbranched alkanes of at least 4 members (excludes halogenated alkanes) is 2. The average Bonchev–Trinajstić information content (AvgIpc) is 2.43. The van der Waals surface area contributed by atoms with Gasteiger partial charge in [0.15, 0.2) is 5.69 Å². The molecule has 0 aromatic carbocycles. The Labute approximate surface area is 113 Å². The van der Waals surface area contributed by atoms with Crippen molar-refractivity contribution in [1.29, 1.82) is 0 Å². The summed E-state index contributed by atoms with van der Waals surface area (Å²) < 4.78 is 4.98. The van der Waals surface area contributed by atoms with E-state index in [1.807, 2.05) is 6.92 Å². The van der Waals surface area contributed by atoms with Crippen molar-refractivity contribution in [1.82, 2.24) is 15.5 Å². The molecule has 0 atom stereocenters. The number of carbonyl (C=O) groups excluding carboxylic acids is 1.